The average Bonchev–Trinajstić information content (AvgIpc) is 2.84. The van der Waals surface area contributed by atoms with E-state index >= 15 is 0 Å². The topological polar surface area (TPSA) is 58.9 Å². The highest BCUT2D eigenvalue weighted by molar-refractivity contribution is 6.99. The summed E-state index contributed by atoms with van der Waals surface area (Å²) in [7, 11) is -2.63. The number of ether oxygens (including phenoxy) is 1. The molecular formula is C28H40O4Si. The number of hydrogen-bond acceptors (Lipinski definition) is 4. The molecule has 2 aromatic carbocycles. The molecule has 1 heterocycles. The molecule has 0 spiro atoms. The van der Waals surface area contributed by atoms with Crippen LogP contribution < -0.4 is 10.4 Å². The van der Waals surface area contributed by atoms with Crippen LogP contribution in [0.2, 0.25) is 5.04 Å². The van der Waals surface area contributed by atoms with E-state index in [0.717, 1.165) is 12.8 Å². The van der Waals surface area contributed by atoms with Crippen molar-refractivity contribution < 1.29 is 19.4 Å². The highest BCUT2D eigenvalue weighted by Crippen LogP contribution is 2.43. The molecule has 180 valence electrons. The molecule has 1 saturated heterocycles. The van der Waals surface area contributed by atoms with Crippen molar-refractivity contribution in [2.75, 3.05) is 13.2 Å². The molecule has 33 heavy (non-hydrogen) atoms. The van der Waals surface area contributed by atoms with E-state index in [0.29, 0.717) is 18.4 Å². The van der Waals surface area contributed by atoms with Crippen LogP contribution in [0.4, 0.5) is 0 Å². The smallest absolute Gasteiger partial charge is 0.261 e. The van der Waals surface area contributed by atoms with Crippen molar-refractivity contribution in [3.8, 4) is 0 Å². The van der Waals surface area contributed by atoms with Crippen molar-refractivity contribution in [3.05, 3.63) is 60.7 Å². The quantitative estimate of drug-likeness (QED) is 0.606. The molecule has 0 radical (unpaired) electrons. The van der Waals surface area contributed by atoms with E-state index < -0.39 is 14.4 Å². The minimum absolute atomic E-state index is 0.0720. The monoisotopic (exact) mass is 468 g/mol. The van der Waals surface area contributed by atoms with Crippen LogP contribution in [0.3, 0.4) is 0 Å². The summed E-state index contributed by atoms with van der Waals surface area (Å²) in [5.74, 6) is 0.872. The van der Waals surface area contributed by atoms with Gasteiger partial charge in [-0.05, 0) is 46.5 Å². The minimum atomic E-state index is -2.63. The third-order valence-corrected chi connectivity index (χ3v) is 12.8. The van der Waals surface area contributed by atoms with E-state index in [1.807, 2.05) is 0 Å². The Hall–Kier alpha value is -1.50. The van der Waals surface area contributed by atoms with Crippen LogP contribution in [0.5, 0.6) is 0 Å². The predicted octanol–water partition coefficient (Wildman–Crippen LogP) is 3.88. The van der Waals surface area contributed by atoms with Crippen molar-refractivity contribution >= 4 is 18.7 Å². The average molecular weight is 469 g/mol. The van der Waals surface area contributed by atoms with Crippen molar-refractivity contribution in [1.82, 2.24) is 0 Å². The summed E-state index contributed by atoms with van der Waals surface area (Å²) < 4.78 is 13.6. The van der Waals surface area contributed by atoms with E-state index in [1.54, 1.807) is 0 Å². The van der Waals surface area contributed by atoms with Crippen LogP contribution in [-0.4, -0.2) is 50.1 Å². The molecule has 0 bridgehead atoms. The lowest BCUT2D eigenvalue weighted by atomic mass is 9.71. The van der Waals surface area contributed by atoms with Gasteiger partial charge in [-0.1, -0.05) is 94.3 Å². The summed E-state index contributed by atoms with van der Waals surface area (Å²) in [6.45, 7) is 7.12. The zero-order chi connectivity index (χ0) is 23.5. The van der Waals surface area contributed by atoms with Crippen molar-refractivity contribution in [1.29, 1.82) is 0 Å². The molecule has 4 nitrogen and oxygen atoms in total. The largest absolute Gasteiger partial charge is 0.405 e. The van der Waals surface area contributed by atoms with E-state index in [2.05, 4.69) is 81.4 Å². The van der Waals surface area contributed by atoms with Crippen molar-refractivity contribution in [3.63, 3.8) is 0 Å². The second-order valence-corrected chi connectivity index (χ2v) is 15.2. The lowest BCUT2D eigenvalue weighted by molar-refractivity contribution is -0.177. The molecule has 1 saturated carbocycles. The third kappa shape index (κ3) is 4.98. The fraction of sp³-hybridized carbons (Fsp3) is 0.571. The molecule has 0 aromatic heterocycles. The van der Waals surface area contributed by atoms with Gasteiger partial charge in [0.05, 0.1) is 25.4 Å². The second-order valence-electron chi connectivity index (χ2n) is 10.9. The van der Waals surface area contributed by atoms with Crippen molar-refractivity contribution in [2.45, 2.75) is 76.2 Å². The fourth-order valence-corrected chi connectivity index (χ4v) is 10.8. The molecule has 4 rings (SSSR count). The number of aliphatic hydroxyl groups excluding tert-OH is 2. The summed E-state index contributed by atoms with van der Waals surface area (Å²) in [5.41, 5.74) is 0. The molecular weight excluding hydrogens is 428 g/mol. The van der Waals surface area contributed by atoms with Gasteiger partial charge in [-0.15, -0.1) is 0 Å². The maximum absolute atomic E-state index is 10.5. The molecule has 0 unspecified atom stereocenters. The number of benzene rings is 2. The Morgan fingerprint density at radius 1 is 0.970 bits per heavy atom. The Kier molecular flexibility index (Phi) is 7.76. The Labute approximate surface area is 200 Å². The van der Waals surface area contributed by atoms with E-state index in [-0.39, 0.29) is 23.9 Å². The summed E-state index contributed by atoms with van der Waals surface area (Å²) >= 11 is 0. The molecule has 2 N–H and O–H groups in total. The molecule has 5 heteroatoms. The first-order valence-electron chi connectivity index (χ1n) is 12.6. The van der Waals surface area contributed by atoms with Crippen LogP contribution in [-0.2, 0) is 9.16 Å². The summed E-state index contributed by atoms with van der Waals surface area (Å²) in [6, 6.07) is 21.4. The molecule has 2 aromatic rings. The van der Waals surface area contributed by atoms with Gasteiger partial charge in [0, 0.05) is 0 Å². The highest BCUT2D eigenvalue weighted by atomic mass is 28.4. The van der Waals surface area contributed by atoms with Crippen LogP contribution >= 0.6 is 0 Å². The summed E-state index contributed by atoms with van der Waals surface area (Å²) in [6.07, 6.45) is 4.45. The van der Waals surface area contributed by atoms with E-state index in [1.165, 1.54) is 29.6 Å². The van der Waals surface area contributed by atoms with Gasteiger partial charge in [0.2, 0.25) is 0 Å². The molecule has 0 amide bonds. The van der Waals surface area contributed by atoms with Gasteiger partial charge < -0.3 is 19.4 Å². The standard InChI is InChI=1S/C28H40O4Si/c1-28(2,3)33(23-13-6-4-7-14-23,24-15-8-5-9-16-24)31-20-22-18-21-12-10-11-17-25(21)27(32-22)26(30)19-29/h4-9,13-16,21-22,25-27,29-30H,10-12,17-20H2,1-3H3/t21-,22-,25+,26+,27-/m1/s1. The van der Waals surface area contributed by atoms with Crippen LogP contribution in [0.15, 0.2) is 60.7 Å². The van der Waals surface area contributed by atoms with Gasteiger partial charge in [0.1, 0.15) is 6.10 Å². The molecule has 2 fully saturated rings. The van der Waals surface area contributed by atoms with Gasteiger partial charge in [-0.3, -0.25) is 0 Å². The van der Waals surface area contributed by atoms with E-state index in [4.69, 9.17) is 9.16 Å². The molecule has 1 aliphatic carbocycles. The lowest BCUT2D eigenvalue weighted by Gasteiger charge is -2.48. The Balaban J connectivity index is 1.65. The van der Waals surface area contributed by atoms with Crippen LogP contribution in [0.25, 0.3) is 0 Å². The second kappa shape index (κ2) is 10.4. The van der Waals surface area contributed by atoms with Gasteiger partial charge >= 0.3 is 0 Å². The van der Waals surface area contributed by atoms with Crippen LogP contribution in [0.1, 0.15) is 52.9 Å². The molecule has 1 aliphatic heterocycles. The van der Waals surface area contributed by atoms with Crippen molar-refractivity contribution in [2.24, 2.45) is 11.8 Å². The first kappa shape index (κ1) is 24.6. The zero-order valence-corrected chi connectivity index (χ0v) is 21.3. The first-order chi connectivity index (χ1) is 15.9. The van der Waals surface area contributed by atoms with Gasteiger partial charge in [-0.25, -0.2) is 0 Å². The lowest BCUT2D eigenvalue weighted by Crippen LogP contribution is -2.67. The fourth-order valence-electron chi connectivity index (χ4n) is 6.24. The number of hydrogen-bond donors (Lipinski definition) is 2. The predicted molar refractivity (Wildman–Crippen MR) is 135 cm³/mol. The maximum Gasteiger partial charge on any atom is 0.261 e. The zero-order valence-electron chi connectivity index (χ0n) is 20.3. The maximum atomic E-state index is 10.5. The first-order valence-corrected chi connectivity index (χ1v) is 14.5. The molecule has 2 aliphatic rings. The van der Waals surface area contributed by atoms with Gasteiger partial charge in [-0.2, -0.15) is 0 Å². The van der Waals surface area contributed by atoms with Crippen LogP contribution in [0, 0.1) is 11.8 Å². The summed E-state index contributed by atoms with van der Waals surface area (Å²) in [4.78, 5) is 0. The SMILES string of the molecule is CC(C)(C)[Si](OC[C@H]1C[C@H]2CCCC[C@@H]2[C@H]([C@@H](O)CO)O1)(c1ccccc1)c1ccccc1. The van der Waals surface area contributed by atoms with Gasteiger partial charge in [0.15, 0.2) is 0 Å². The van der Waals surface area contributed by atoms with Gasteiger partial charge in [0.25, 0.3) is 8.32 Å². The Morgan fingerprint density at radius 2 is 1.55 bits per heavy atom. The summed E-state index contributed by atoms with van der Waals surface area (Å²) in [5, 5.41) is 22.7. The number of fused-ring (bicyclic) bond motifs is 1. The normalized spacial score (nSPS) is 27.1. The Morgan fingerprint density at radius 3 is 2.09 bits per heavy atom. The molecule has 5 atom stereocenters. The van der Waals surface area contributed by atoms with E-state index in [9.17, 15) is 10.2 Å². The minimum Gasteiger partial charge on any atom is -0.405 e. The Bertz CT molecular complexity index is 827. The number of aliphatic hydroxyl groups is 2. The highest BCUT2D eigenvalue weighted by Gasteiger charge is 2.51. The number of rotatable bonds is 7. The third-order valence-electron chi connectivity index (χ3n) is 7.77.